The molecule has 2 rings (SSSR count). The van der Waals surface area contributed by atoms with E-state index in [0.717, 1.165) is 11.3 Å². The quantitative estimate of drug-likeness (QED) is 0.764. The molecule has 0 unspecified atom stereocenters. The van der Waals surface area contributed by atoms with Crippen LogP contribution in [0.3, 0.4) is 0 Å². The molecule has 0 spiro atoms. The van der Waals surface area contributed by atoms with Gasteiger partial charge in [-0.05, 0) is 24.6 Å². The van der Waals surface area contributed by atoms with Crippen LogP contribution in [0.1, 0.15) is 24.2 Å². The molecule has 1 heterocycles. The number of nitrogens with one attached hydrogen (secondary N) is 2. The van der Waals surface area contributed by atoms with Crippen molar-refractivity contribution < 1.29 is 9.90 Å². The van der Waals surface area contributed by atoms with Crippen LogP contribution in [0.15, 0.2) is 54.7 Å². The van der Waals surface area contributed by atoms with E-state index in [-0.39, 0.29) is 18.6 Å². The van der Waals surface area contributed by atoms with E-state index < -0.39 is 6.10 Å². The summed E-state index contributed by atoms with van der Waals surface area (Å²) < 4.78 is 0. The second kappa shape index (κ2) is 8.14. The van der Waals surface area contributed by atoms with Crippen molar-refractivity contribution >= 4 is 6.03 Å². The van der Waals surface area contributed by atoms with Gasteiger partial charge in [0.2, 0.25) is 0 Å². The van der Waals surface area contributed by atoms with Crippen molar-refractivity contribution in [2.45, 2.75) is 25.5 Å². The van der Waals surface area contributed by atoms with Crippen molar-refractivity contribution in [3.8, 4) is 0 Å². The van der Waals surface area contributed by atoms with Gasteiger partial charge >= 0.3 is 6.03 Å². The Morgan fingerprint density at radius 1 is 1.18 bits per heavy atom. The molecule has 2 aromatic rings. The van der Waals surface area contributed by atoms with E-state index in [4.69, 9.17) is 0 Å². The summed E-state index contributed by atoms with van der Waals surface area (Å²) in [6, 6.07) is 15.0. The summed E-state index contributed by atoms with van der Waals surface area (Å²) >= 11 is 0. The molecule has 3 N–H and O–H groups in total. The number of benzene rings is 1. The van der Waals surface area contributed by atoms with E-state index in [9.17, 15) is 9.90 Å². The average molecular weight is 299 g/mol. The van der Waals surface area contributed by atoms with Gasteiger partial charge in [0.25, 0.3) is 0 Å². The molecule has 0 aliphatic heterocycles. The number of pyridine rings is 1. The molecule has 116 valence electrons. The minimum atomic E-state index is -0.572. The van der Waals surface area contributed by atoms with Crippen molar-refractivity contribution in [3.63, 3.8) is 0 Å². The molecule has 0 fully saturated rings. The fourth-order valence-electron chi connectivity index (χ4n) is 2.12. The topological polar surface area (TPSA) is 74.2 Å². The van der Waals surface area contributed by atoms with Crippen LogP contribution in [0, 0.1) is 0 Å². The van der Waals surface area contributed by atoms with Crippen LogP contribution in [0.5, 0.6) is 0 Å². The number of carbonyl (C=O) groups excluding carboxylic acids is 1. The lowest BCUT2D eigenvalue weighted by Gasteiger charge is -2.19. The Morgan fingerprint density at radius 3 is 2.55 bits per heavy atom. The zero-order valence-electron chi connectivity index (χ0n) is 12.6. The maximum atomic E-state index is 12.0. The summed E-state index contributed by atoms with van der Waals surface area (Å²) in [7, 11) is 0. The van der Waals surface area contributed by atoms with E-state index >= 15 is 0 Å². The van der Waals surface area contributed by atoms with Crippen LogP contribution in [0.25, 0.3) is 0 Å². The monoisotopic (exact) mass is 299 g/mol. The average Bonchev–Trinajstić information content (AvgIpc) is 2.54. The second-order valence-electron chi connectivity index (χ2n) is 5.19. The van der Waals surface area contributed by atoms with Crippen molar-refractivity contribution in [2.75, 3.05) is 6.54 Å². The SMILES string of the molecule is C[C@@H](O)CNC(=O)N[C@@H](Cc1ccccn1)c1ccccc1. The molecule has 0 saturated carbocycles. The molecule has 5 nitrogen and oxygen atoms in total. The Bertz CT molecular complexity index is 573. The lowest BCUT2D eigenvalue weighted by molar-refractivity contribution is 0.186. The summed E-state index contributed by atoms with van der Waals surface area (Å²) in [6.45, 7) is 1.85. The number of amides is 2. The van der Waals surface area contributed by atoms with Gasteiger partial charge in [0, 0.05) is 24.9 Å². The second-order valence-corrected chi connectivity index (χ2v) is 5.19. The van der Waals surface area contributed by atoms with Crippen molar-refractivity contribution in [2.24, 2.45) is 0 Å². The third-order valence-electron chi connectivity index (χ3n) is 3.20. The number of aliphatic hydroxyl groups is 1. The van der Waals surface area contributed by atoms with Gasteiger partial charge in [0.1, 0.15) is 0 Å². The molecule has 2 atom stereocenters. The summed E-state index contributed by atoms with van der Waals surface area (Å²) in [5.74, 6) is 0. The number of aromatic nitrogens is 1. The predicted molar refractivity (Wildman–Crippen MR) is 85.3 cm³/mol. The smallest absolute Gasteiger partial charge is 0.315 e. The molecule has 0 aliphatic carbocycles. The summed E-state index contributed by atoms with van der Waals surface area (Å²) in [4.78, 5) is 16.3. The van der Waals surface area contributed by atoms with Gasteiger partial charge in [-0.25, -0.2) is 4.79 Å². The minimum Gasteiger partial charge on any atom is -0.392 e. The van der Waals surface area contributed by atoms with Gasteiger partial charge in [-0.15, -0.1) is 0 Å². The van der Waals surface area contributed by atoms with Crippen LogP contribution in [0.2, 0.25) is 0 Å². The van der Waals surface area contributed by atoms with Crippen LogP contribution < -0.4 is 10.6 Å². The maximum Gasteiger partial charge on any atom is 0.315 e. The van der Waals surface area contributed by atoms with E-state index in [2.05, 4.69) is 15.6 Å². The number of nitrogens with zero attached hydrogens (tertiary/aromatic N) is 1. The first-order valence-electron chi connectivity index (χ1n) is 7.32. The highest BCUT2D eigenvalue weighted by Crippen LogP contribution is 2.17. The maximum absolute atomic E-state index is 12.0. The zero-order valence-corrected chi connectivity index (χ0v) is 12.6. The zero-order chi connectivity index (χ0) is 15.8. The molecule has 2 amide bonds. The number of aliphatic hydroxyl groups excluding tert-OH is 1. The molecule has 0 bridgehead atoms. The fraction of sp³-hybridized carbons (Fsp3) is 0.294. The fourth-order valence-corrected chi connectivity index (χ4v) is 2.12. The molecule has 0 saturated heterocycles. The van der Waals surface area contributed by atoms with Crippen LogP contribution in [0.4, 0.5) is 4.79 Å². The Balaban J connectivity index is 2.07. The highest BCUT2D eigenvalue weighted by molar-refractivity contribution is 5.74. The molecule has 0 radical (unpaired) electrons. The molecule has 5 heteroatoms. The highest BCUT2D eigenvalue weighted by atomic mass is 16.3. The molecular formula is C17H21N3O2. The third-order valence-corrected chi connectivity index (χ3v) is 3.20. The number of hydrogen-bond donors (Lipinski definition) is 3. The first kappa shape index (κ1) is 16.0. The van der Waals surface area contributed by atoms with Gasteiger partial charge in [0.15, 0.2) is 0 Å². The minimum absolute atomic E-state index is 0.176. The number of urea groups is 1. The number of carbonyl (C=O) groups is 1. The standard InChI is InChI=1S/C17H21N3O2/c1-13(21)12-19-17(22)20-16(14-7-3-2-4-8-14)11-15-9-5-6-10-18-15/h2-10,13,16,21H,11-12H2,1H3,(H2,19,20,22)/t13-,16+/m1/s1. The normalized spacial score (nSPS) is 13.2. The Kier molecular flexibility index (Phi) is 5.91. The summed E-state index contributed by atoms with van der Waals surface area (Å²) in [5, 5.41) is 14.8. The van der Waals surface area contributed by atoms with E-state index in [0.29, 0.717) is 6.42 Å². The number of rotatable bonds is 6. The predicted octanol–water partition coefficient (Wildman–Crippen LogP) is 2.05. The van der Waals surface area contributed by atoms with Crippen molar-refractivity contribution in [1.29, 1.82) is 0 Å². The molecule has 1 aromatic carbocycles. The van der Waals surface area contributed by atoms with Gasteiger partial charge in [0.05, 0.1) is 12.1 Å². The molecule has 0 aliphatic rings. The lowest BCUT2D eigenvalue weighted by atomic mass is 10.0. The largest absolute Gasteiger partial charge is 0.392 e. The summed E-state index contributed by atoms with van der Waals surface area (Å²) in [5.41, 5.74) is 1.92. The van der Waals surface area contributed by atoms with E-state index in [1.807, 2.05) is 48.5 Å². The first-order chi connectivity index (χ1) is 10.6. The summed E-state index contributed by atoms with van der Waals surface area (Å²) in [6.07, 6.45) is 1.77. The van der Waals surface area contributed by atoms with Crippen LogP contribution >= 0.6 is 0 Å². The van der Waals surface area contributed by atoms with Gasteiger partial charge in [-0.1, -0.05) is 36.4 Å². The molecule has 22 heavy (non-hydrogen) atoms. The van der Waals surface area contributed by atoms with E-state index in [1.54, 1.807) is 13.1 Å². The molecule has 1 aromatic heterocycles. The van der Waals surface area contributed by atoms with Crippen molar-refractivity contribution in [1.82, 2.24) is 15.6 Å². The highest BCUT2D eigenvalue weighted by Gasteiger charge is 2.15. The van der Waals surface area contributed by atoms with Gasteiger partial charge in [-0.2, -0.15) is 0 Å². The van der Waals surface area contributed by atoms with Gasteiger partial charge < -0.3 is 15.7 Å². The van der Waals surface area contributed by atoms with Crippen molar-refractivity contribution in [3.05, 3.63) is 66.0 Å². The number of hydrogen-bond acceptors (Lipinski definition) is 3. The van der Waals surface area contributed by atoms with Crippen LogP contribution in [-0.2, 0) is 6.42 Å². The lowest BCUT2D eigenvalue weighted by Crippen LogP contribution is -2.41. The van der Waals surface area contributed by atoms with Crippen LogP contribution in [-0.4, -0.2) is 28.8 Å². The molecular weight excluding hydrogens is 278 g/mol. The van der Waals surface area contributed by atoms with E-state index in [1.165, 1.54) is 0 Å². The van der Waals surface area contributed by atoms with Gasteiger partial charge in [-0.3, -0.25) is 4.98 Å². The third kappa shape index (κ3) is 5.18. The Labute approximate surface area is 130 Å². The Morgan fingerprint density at radius 2 is 1.91 bits per heavy atom. The Hall–Kier alpha value is -2.40. The first-order valence-corrected chi connectivity index (χ1v) is 7.32.